The third-order valence-corrected chi connectivity index (χ3v) is 5.25. The van der Waals surface area contributed by atoms with Gasteiger partial charge in [0.25, 0.3) is 5.91 Å². The zero-order valence-corrected chi connectivity index (χ0v) is 14.9. The Morgan fingerprint density at radius 2 is 1.85 bits per heavy atom. The number of benzene rings is 2. The number of nitrogens with zero attached hydrogens (tertiary/aromatic N) is 1. The van der Waals surface area contributed by atoms with Gasteiger partial charge in [-0.15, -0.1) is 0 Å². The van der Waals surface area contributed by atoms with Gasteiger partial charge >= 0.3 is 0 Å². The van der Waals surface area contributed by atoms with Crippen LogP contribution in [-0.4, -0.2) is 30.4 Å². The van der Waals surface area contributed by atoms with Crippen LogP contribution in [0.25, 0.3) is 10.8 Å². The lowest BCUT2D eigenvalue weighted by molar-refractivity contribution is 0.0936. The van der Waals surface area contributed by atoms with E-state index in [9.17, 15) is 4.79 Å². The van der Waals surface area contributed by atoms with E-state index in [-0.39, 0.29) is 5.91 Å². The summed E-state index contributed by atoms with van der Waals surface area (Å²) < 4.78 is 5.43. The zero-order chi connectivity index (χ0) is 17.8. The summed E-state index contributed by atoms with van der Waals surface area (Å²) in [5.41, 5.74) is 0.762. The molecule has 1 aliphatic heterocycles. The van der Waals surface area contributed by atoms with Crippen LogP contribution in [0.1, 0.15) is 29.0 Å². The van der Waals surface area contributed by atoms with Crippen molar-refractivity contribution >= 4 is 16.7 Å². The fourth-order valence-corrected chi connectivity index (χ4v) is 3.73. The first-order valence-electron chi connectivity index (χ1n) is 9.30. The van der Waals surface area contributed by atoms with Crippen molar-refractivity contribution in [3.8, 4) is 0 Å². The predicted molar refractivity (Wildman–Crippen MR) is 103 cm³/mol. The standard InChI is InChI=1S/C22H24N2O2/c25-22(21-9-3-6-18-5-1-2-8-20(18)21)23-15-17-10-12-24(13-11-17)16-19-7-4-14-26-19/h1-9,14,17H,10-13,15-16H2,(H,23,25). The number of piperidine rings is 1. The van der Waals surface area contributed by atoms with E-state index in [4.69, 9.17) is 4.42 Å². The van der Waals surface area contributed by atoms with E-state index < -0.39 is 0 Å². The van der Waals surface area contributed by atoms with Crippen LogP contribution in [0.3, 0.4) is 0 Å². The molecule has 0 radical (unpaired) electrons. The van der Waals surface area contributed by atoms with Crippen LogP contribution in [0.15, 0.2) is 65.3 Å². The van der Waals surface area contributed by atoms with Crippen LogP contribution in [0, 0.1) is 5.92 Å². The Hall–Kier alpha value is -2.59. The van der Waals surface area contributed by atoms with Crippen LogP contribution in [-0.2, 0) is 6.54 Å². The summed E-state index contributed by atoms with van der Waals surface area (Å²) in [6, 6.07) is 17.9. The molecular formula is C22H24N2O2. The molecule has 4 rings (SSSR count). The maximum absolute atomic E-state index is 12.6. The van der Waals surface area contributed by atoms with Gasteiger partial charge in [-0.05, 0) is 60.8 Å². The fourth-order valence-electron chi connectivity index (χ4n) is 3.73. The summed E-state index contributed by atoms with van der Waals surface area (Å²) in [5.74, 6) is 1.59. The van der Waals surface area contributed by atoms with E-state index in [0.29, 0.717) is 5.92 Å². The number of fused-ring (bicyclic) bond motifs is 1. The number of rotatable bonds is 5. The number of furan rings is 1. The van der Waals surface area contributed by atoms with E-state index >= 15 is 0 Å². The first-order chi connectivity index (χ1) is 12.8. The van der Waals surface area contributed by atoms with Crippen molar-refractivity contribution in [1.82, 2.24) is 10.2 Å². The number of carbonyl (C=O) groups is 1. The summed E-state index contributed by atoms with van der Waals surface area (Å²) in [7, 11) is 0. The van der Waals surface area contributed by atoms with Gasteiger partial charge in [0.05, 0.1) is 12.8 Å². The maximum Gasteiger partial charge on any atom is 0.251 e. The number of hydrogen-bond donors (Lipinski definition) is 1. The molecular weight excluding hydrogens is 324 g/mol. The van der Waals surface area contributed by atoms with Gasteiger partial charge in [0.2, 0.25) is 0 Å². The summed E-state index contributed by atoms with van der Waals surface area (Å²) in [6.45, 7) is 3.73. The lowest BCUT2D eigenvalue weighted by atomic mass is 9.96. The second-order valence-corrected chi connectivity index (χ2v) is 7.04. The minimum absolute atomic E-state index is 0.0276. The van der Waals surface area contributed by atoms with Crippen molar-refractivity contribution in [2.75, 3.05) is 19.6 Å². The van der Waals surface area contributed by atoms with E-state index in [1.54, 1.807) is 6.26 Å². The highest BCUT2D eigenvalue weighted by atomic mass is 16.3. The molecule has 1 amide bonds. The van der Waals surface area contributed by atoms with Crippen molar-refractivity contribution in [3.63, 3.8) is 0 Å². The topological polar surface area (TPSA) is 45.5 Å². The molecule has 2 aromatic carbocycles. The van der Waals surface area contributed by atoms with Crippen molar-refractivity contribution in [3.05, 3.63) is 72.2 Å². The normalized spacial score (nSPS) is 16.0. The summed E-state index contributed by atoms with van der Waals surface area (Å²) >= 11 is 0. The van der Waals surface area contributed by atoms with Crippen LogP contribution >= 0.6 is 0 Å². The third-order valence-electron chi connectivity index (χ3n) is 5.25. The first kappa shape index (κ1) is 16.9. The number of nitrogens with one attached hydrogen (secondary N) is 1. The zero-order valence-electron chi connectivity index (χ0n) is 14.9. The molecule has 1 fully saturated rings. The van der Waals surface area contributed by atoms with Crippen LogP contribution in [0.5, 0.6) is 0 Å². The molecule has 1 saturated heterocycles. The molecule has 1 N–H and O–H groups in total. The highest BCUT2D eigenvalue weighted by Gasteiger charge is 2.20. The predicted octanol–water partition coefficient (Wildman–Crippen LogP) is 4.07. The molecule has 0 unspecified atom stereocenters. The average molecular weight is 348 g/mol. The van der Waals surface area contributed by atoms with Crippen molar-refractivity contribution < 1.29 is 9.21 Å². The Balaban J connectivity index is 1.30. The van der Waals surface area contributed by atoms with Gasteiger partial charge < -0.3 is 9.73 Å². The van der Waals surface area contributed by atoms with Crippen LogP contribution < -0.4 is 5.32 Å². The van der Waals surface area contributed by atoms with Gasteiger partial charge in [0, 0.05) is 12.1 Å². The minimum atomic E-state index is 0.0276. The van der Waals surface area contributed by atoms with E-state index in [2.05, 4.69) is 10.2 Å². The fraction of sp³-hybridized carbons (Fsp3) is 0.318. The van der Waals surface area contributed by atoms with Gasteiger partial charge in [0.1, 0.15) is 5.76 Å². The second kappa shape index (κ2) is 7.75. The third kappa shape index (κ3) is 3.81. The monoisotopic (exact) mass is 348 g/mol. The number of amides is 1. The molecule has 134 valence electrons. The summed E-state index contributed by atoms with van der Waals surface area (Å²) in [6.07, 6.45) is 3.94. The molecule has 0 aliphatic carbocycles. The number of likely N-dealkylation sites (tertiary alicyclic amines) is 1. The Labute approximate surface area is 153 Å². The Kier molecular flexibility index (Phi) is 5.02. The van der Waals surface area contributed by atoms with Gasteiger partial charge in [-0.3, -0.25) is 9.69 Å². The van der Waals surface area contributed by atoms with E-state index in [0.717, 1.165) is 61.1 Å². The largest absolute Gasteiger partial charge is 0.468 e. The summed E-state index contributed by atoms with van der Waals surface area (Å²) in [5, 5.41) is 5.26. The lowest BCUT2D eigenvalue weighted by Gasteiger charge is -2.31. The SMILES string of the molecule is O=C(NCC1CCN(Cc2ccco2)CC1)c1cccc2ccccc12. The Morgan fingerprint density at radius 3 is 2.65 bits per heavy atom. The molecule has 3 aromatic rings. The highest BCUT2D eigenvalue weighted by Crippen LogP contribution is 2.20. The van der Waals surface area contributed by atoms with Crippen molar-refractivity contribution in [2.24, 2.45) is 5.92 Å². The van der Waals surface area contributed by atoms with Crippen LogP contribution in [0.4, 0.5) is 0 Å². The quantitative estimate of drug-likeness (QED) is 0.756. The second-order valence-electron chi connectivity index (χ2n) is 7.04. The smallest absolute Gasteiger partial charge is 0.251 e. The average Bonchev–Trinajstić information content (AvgIpc) is 3.20. The maximum atomic E-state index is 12.6. The molecule has 0 bridgehead atoms. The molecule has 0 atom stereocenters. The van der Waals surface area contributed by atoms with E-state index in [1.807, 2.05) is 54.6 Å². The molecule has 1 aromatic heterocycles. The van der Waals surface area contributed by atoms with Gasteiger partial charge in [0.15, 0.2) is 0 Å². The molecule has 0 saturated carbocycles. The molecule has 4 nitrogen and oxygen atoms in total. The minimum Gasteiger partial charge on any atom is -0.468 e. The number of hydrogen-bond acceptors (Lipinski definition) is 3. The van der Waals surface area contributed by atoms with Gasteiger partial charge in [-0.1, -0.05) is 36.4 Å². The first-order valence-corrected chi connectivity index (χ1v) is 9.30. The molecule has 4 heteroatoms. The highest BCUT2D eigenvalue weighted by molar-refractivity contribution is 6.06. The van der Waals surface area contributed by atoms with Crippen LogP contribution in [0.2, 0.25) is 0 Å². The van der Waals surface area contributed by atoms with Gasteiger partial charge in [-0.2, -0.15) is 0 Å². The number of carbonyl (C=O) groups excluding carboxylic acids is 1. The Bertz CT molecular complexity index is 859. The molecule has 0 spiro atoms. The van der Waals surface area contributed by atoms with Crippen molar-refractivity contribution in [1.29, 1.82) is 0 Å². The Morgan fingerprint density at radius 1 is 1.04 bits per heavy atom. The molecule has 2 heterocycles. The molecule has 26 heavy (non-hydrogen) atoms. The summed E-state index contributed by atoms with van der Waals surface area (Å²) in [4.78, 5) is 15.1. The lowest BCUT2D eigenvalue weighted by Crippen LogP contribution is -2.38. The van der Waals surface area contributed by atoms with Crippen molar-refractivity contribution in [2.45, 2.75) is 19.4 Å². The molecule has 1 aliphatic rings. The van der Waals surface area contributed by atoms with E-state index in [1.165, 1.54) is 0 Å². The van der Waals surface area contributed by atoms with Gasteiger partial charge in [-0.25, -0.2) is 0 Å².